The Balaban J connectivity index is 1.64. The van der Waals surface area contributed by atoms with Crippen LogP contribution in [0.2, 0.25) is 0 Å². The van der Waals surface area contributed by atoms with Crippen molar-refractivity contribution in [2.24, 2.45) is 16.7 Å². The topological polar surface area (TPSA) is 51.2 Å². The first-order valence-electron chi connectivity index (χ1n) is 11.8. The quantitative estimate of drug-likeness (QED) is 0.800. The first kappa shape index (κ1) is 20.3. The Labute approximate surface area is 186 Å². The number of likely N-dealkylation sites (N-methyl/N-ethyl adjacent to an activating group) is 1. The monoisotopic (exact) mass is 427 g/mol. The van der Waals surface area contributed by atoms with Crippen LogP contribution >= 0.6 is 0 Å². The molecule has 2 spiro atoms. The molecular formula is C26H37NO4. The molecule has 1 saturated heterocycles. The standard InChI is InChI=1S/C26H37NO4/c1-22(2,3)23(4,28)17-13-24-14-26(17,30-7)21-25(24)10-11-27(5)18(24)12-15-8-9-16(29-6)20(31-21)19(15)25/h8-9,17-18,21,28H,10-14H2,1-7H3. The molecule has 3 fully saturated rings. The maximum atomic E-state index is 12.0. The van der Waals surface area contributed by atoms with Crippen molar-refractivity contribution in [3.63, 3.8) is 0 Å². The fraction of sp³-hybridized carbons (Fsp3) is 0.769. The third kappa shape index (κ3) is 1.90. The maximum Gasteiger partial charge on any atom is 0.165 e. The van der Waals surface area contributed by atoms with Crippen molar-refractivity contribution < 1.29 is 19.3 Å². The van der Waals surface area contributed by atoms with E-state index in [1.54, 1.807) is 7.11 Å². The molecule has 7 unspecified atom stereocenters. The van der Waals surface area contributed by atoms with Crippen LogP contribution in [-0.2, 0) is 16.6 Å². The molecule has 2 saturated carbocycles. The van der Waals surface area contributed by atoms with Gasteiger partial charge in [0.05, 0.1) is 12.7 Å². The number of ether oxygens (including phenoxy) is 3. The molecule has 0 radical (unpaired) electrons. The van der Waals surface area contributed by atoms with E-state index in [4.69, 9.17) is 14.2 Å². The lowest BCUT2D eigenvalue weighted by molar-refractivity contribution is -0.211. The maximum absolute atomic E-state index is 12.0. The fourth-order valence-corrected chi connectivity index (χ4v) is 8.82. The SMILES string of the molecule is COc1ccc2c3c1OC1C4(OC)CC5(CC4C(C)(O)C(C)(C)C)C(C2)N(C)CCC315. The zero-order valence-electron chi connectivity index (χ0n) is 20.0. The van der Waals surface area contributed by atoms with Crippen molar-refractivity contribution in [2.75, 3.05) is 27.8 Å². The highest BCUT2D eigenvalue weighted by atomic mass is 16.6. The molecule has 0 amide bonds. The molecule has 0 aromatic heterocycles. The minimum Gasteiger partial charge on any atom is -0.493 e. The van der Waals surface area contributed by atoms with Gasteiger partial charge in [-0.3, -0.25) is 0 Å². The average molecular weight is 428 g/mol. The number of piperidine rings is 1. The van der Waals surface area contributed by atoms with E-state index >= 15 is 0 Å². The van der Waals surface area contributed by atoms with Crippen molar-refractivity contribution in [3.8, 4) is 11.5 Å². The van der Waals surface area contributed by atoms with Gasteiger partial charge >= 0.3 is 0 Å². The van der Waals surface area contributed by atoms with Gasteiger partial charge in [0.25, 0.3) is 0 Å². The van der Waals surface area contributed by atoms with Crippen LogP contribution in [0.25, 0.3) is 0 Å². The number of aliphatic hydroxyl groups is 1. The summed E-state index contributed by atoms with van der Waals surface area (Å²) in [4.78, 5) is 2.58. The summed E-state index contributed by atoms with van der Waals surface area (Å²) in [6.07, 6.45) is 3.97. The third-order valence-corrected chi connectivity index (χ3v) is 10.7. The number of methoxy groups -OCH3 is 2. The van der Waals surface area contributed by atoms with E-state index in [0.29, 0.717) is 6.04 Å². The summed E-state index contributed by atoms with van der Waals surface area (Å²) in [5, 5.41) is 12.0. The summed E-state index contributed by atoms with van der Waals surface area (Å²) < 4.78 is 19.3. The average Bonchev–Trinajstić information content (AvgIpc) is 3.32. The molecule has 1 aromatic carbocycles. The van der Waals surface area contributed by atoms with Crippen molar-refractivity contribution in [3.05, 3.63) is 23.3 Å². The lowest BCUT2D eigenvalue weighted by Gasteiger charge is -2.63. The van der Waals surface area contributed by atoms with E-state index < -0.39 is 11.2 Å². The molecule has 6 rings (SSSR count). The molecule has 5 nitrogen and oxygen atoms in total. The second-order valence-electron chi connectivity index (χ2n) is 12.2. The van der Waals surface area contributed by atoms with Crippen LogP contribution < -0.4 is 9.47 Å². The van der Waals surface area contributed by atoms with E-state index in [2.05, 4.69) is 44.9 Å². The molecule has 2 aliphatic heterocycles. The number of benzene rings is 1. The van der Waals surface area contributed by atoms with Gasteiger partial charge in [0, 0.05) is 35.5 Å². The van der Waals surface area contributed by atoms with Gasteiger partial charge in [0.2, 0.25) is 0 Å². The number of hydrogen-bond donors (Lipinski definition) is 1. The second-order valence-corrected chi connectivity index (χ2v) is 12.2. The zero-order valence-corrected chi connectivity index (χ0v) is 20.0. The van der Waals surface area contributed by atoms with Crippen LogP contribution in [0.15, 0.2) is 12.1 Å². The summed E-state index contributed by atoms with van der Waals surface area (Å²) in [5.74, 6) is 1.79. The van der Waals surface area contributed by atoms with Crippen LogP contribution in [0.1, 0.15) is 58.1 Å². The van der Waals surface area contributed by atoms with Crippen LogP contribution in [0.5, 0.6) is 11.5 Å². The fourth-order valence-electron chi connectivity index (χ4n) is 8.82. The molecule has 5 aliphatic rings. The van der Waals surface area contributed by atoms with E-state index in [1.807, 2.05) is 14.0 Å². The first-order valence-corrected chi connectivity index (χ1v) is 11.8. The highest BCUT2D eigenvalue weighted by molar-refractivity contribution is 5.64. The molecular weight excluding hydrogens is 390 g/mol. The highest BCUT2D eigenvalue weighted by Gasteiger charge is 2.86. The smallest absolute Gasteiger partial charge is 0.165 e. The van der Waals surface area contributed by atoms with Crippen LogP contribution in [0.3, 0.4) is 0 Å². The Morgan fingerprint density at radius 3 is 2.58 bits per heavy atom. The predicted octanol–water partition coefficient (Wildman–Crippen LogP) is 3.55. The third-order valence-electron chi connectivity index (χ3n) is 10.7. The van der Waals surface area contributed by atoms with E-state index in [-0.39, 0.29) is 28.3 Å². The Morgan fingerprint density at radius 2 is 1.94 bits per heavy atom. The Hall–Kier alpha value is -1.30. The van der Waals surface area contributed by atoms with Crippen molar-refractivity contribution in [1.82, 2.24) is 4.90 Å². The Bertz CT molecular complexity index is 967. The van der Waals surface area contributed by atoms with E-state index in [0.717, 1.165) is 43.7 Å². The zero-order chi connectivity index (χ0) is 22.2. The highest BCUT2D eigenvalue weighted by Crippen LogP contribution is 2.81. The Kier molecular flexibility index (Phi) is 3.67. The molecule has 31 heavy (non-hydrogen) atoms. The number of hydrogen-bond acceptors (Lipinski definition) is 5. The molecule has 2 heterocycles. The molecule has 1 aromatic rings. The van der Waals surface area contributed by atoms with Gasteiger partial charge in [0.1, 0.15) is 11.7 Å². The summed E-state index contributed by atoms with van der Waals surface area (Å²) >= 11 is 0. The van der Waals surface area contributed by atoms with E-state index in [1.165, 1.54) is 11.1 Å². The largest absolute Gasteiger partial charge is 0.493 e. The van der Waals surface area contributed by atoms with Crippen LogP contribution in [0.4, 0.5) is 0 Å². The molecule has 5 heteroatoms. The summed E-state index contributed by atoms with van der Waals surface area (Å²) in [7, 11) is 5.86. The molecule has 3 aliphatic carbocycles. The summed E-state index contributed by atoms with van der Waals surface area (Å²) in [6.45, 7) is 9.54. The summed E-state index contributed by atoms with van der Waals surface area (Å²) in [6, 6.07) is 4.78. The lowest BCUT2D eigenvalue weighted by atomic mass is 9.46. The van der Waals surface area contributed by atoms with Gasteiger partial charge in [0.15, 0.2) is 11.5 Å². The minimum absolute atomic E-state index is 0.0129. The predicted molar refractivity (Wildman–Crippen MR) is 119 cm³/mol. The van der Waals surface area contributed by atoms with Crippen molar-refractivity contribution in [1.29, 1.82) is 0 Å². The van der Waals surface area contributed by atoms with Crippen molar-refractivity contribution in [2.45, 2.75) is 82.1 Å². The summed E-state index contributed by atoms with van der Waals surface area (Å²) in [5.41, 5.74) is 1.16. The van der Waals surface area contributed by atoms with Gasteiger partial charge < -0.3 is 24.2 Å². The molecule has 4 bridgehead atoms. The minimum atomic E-state index is -0.872. The number of fused-ring (bicyclic) bond motifs is 2. The van der Waals surface area contributed by atoms with Crippen molar-refractivity contribution >= 4 is 0 Å². The first-order chi connectivity index (χ1) is 14.5. The van der Waals surface area contributed by atoms with E-state index in [9.17, 15) is 5.11 Å². The molecule has 7 atom stereocenters. The normalized spacial score (nSPS) is 44.1. The number of rotatable bonds is 3. The number of likely N-dealkylation sites (tertiary alicyclic amines) is 1. The Morgan fingerprint density at radius 1 is 1.19 bits per heavy atom. The van der Waals surface area contributed by atoms with Crippen LogP contribution in [-0.4, -0.2) is 61.2 Å². The van der Waals surface area contributed by atoms with Gasteiger partial charge in [-0.1, -0.05) is 26.8 Å². The van der Waals surface area contributed by atoms with Gasteiger partial charge in [-0.2, -0.15) is 0 Å². The van der Waals surface area contributed by atoms with Gasteiger partial charge in [-0.25, -0.2) is 0 Å². The van der Waals surface area contributed by atoms with Crippen LogP contribution in [0, 0.1) is 16.7 Å². The van der Waals surface area contributed by atoms with Gasteiger partial charge in [-0.05, 0) is 63.2 Å². The van der Waals surface area contributed by atoms with Gasteiger partial charge in [-0.15, -0.1) is 0 Å². The second kappa shape index (κ2) is 5.60. The molecule has 1 N–H and O–H groups in total. The number of nitrogens with zero attached hydrogens (tertiary/aromatic N) is 1. The lowest BCUT2D eigenvalue weighted by Crippen LogP contribution is -2.71. The molecule has 170 valence electrons.